The highest BCUT2D eigenvalue weighted by molar-refractivity contribution is 7.99. The van der Waals surface area contributed by atoms with E-state index in [1.165, 1.54) is 11.8 Å². The number of carbonyl (C=O) groups excluding carboxylic acids is 1. The van der Waals surface area contributed by atoms with Gasteiger partial charge in [0, 0.05) is 18.1 Å². The molecule has 1 amide bonds. The molecule has 3 aromatic rings. The molecular weight excluding hydrogens is 310 g/mol. The highest BCUT2D eigenvalue weighted by atomic mass is 32.2. The van der Waals surface area contributed by atoms with Gasteiger partial charge in [0.05, 0.1) is 5.75 Å². The molecular formula is C16H17N5OS. The standard InChI is InChI=1S/C16H17N5OS/c1-12-6-5-7-14(10-12)17-15(22)11-23-16-19-18-13(2)21(16)20-8-3-4-9-20/h3-10H,11H2,1-2H3,(H,17,22). The van der Waals surface area contributed by atoms with Gasteiger partial charge in [-0.2, -0.15) is 0 Å². The molecule has 0 spiro atoms. The lowest BCUT2D eigenvalue weighted by Gasteiger charge is -2.09. The van der Waals surface area contributed by atoms with Crippen LogP contribution in [0, 0.1) is 13.8 Å². The second-order valence-electron chi connectivity index (χ2n) is 5.11. The Morgan fingerprint density at radius 2 is 1.96 bits per heavy atom. The first-order valence-corrected chi connectivity index (χ1v) is 8.17. The first-order chi connectivity index (χ1) is 11.1. The lowest BCUT2D eigenvalue weighted by molar-refractivity contribution is -0.113. The number of hydrogen-bond acceptors (Lipinski definition) is 4. The van der Waals surface area contributed by atoms with Crippen molar-refractivity contribution < 1.29 is 4.79 Å². The zero-order chi connectivity index (χ0) is 16.2. The van der Waals surface area contributed by atoms with Gasteiger partial charge in [0.15, 0.2) is 5.82 Å². The third-order valence-corrected chi connectivity index (χ3v) is 4.14. The Morgan fingerprint density at radius 1 is 1.17 bits per heavy atom. The molecule has 118 valence electrons. The van der Waals surface area contributed by atoms with Gasteiger partial charge in [-0.15, -0.1) is 10.2 Å². The van der Waals surface area contributed by atoms with E-state index in [4.69, 9.17) is 0 Å². The van der Waals surface area contributed by atoms with Crippen molar-refractivity contribution >= 4 is 23.4 Å². The van der Waals surface area contributed by atoms with E-state index >= 15 is 0 Å². The van der Waals surface area contributed by atoms with Crippen LogP contribution in [0.25, 0.3) is 0 Å². The van der Waals surface area contributed by atoms with E-state index in [9.17, 15) is 4.79 Å². The summed E-state index contributed by atoms with van der Waals surface area (Å²) in [6.07, 6.45) is 3.82. The monoisotopic (exact) mass is 327 g/mol. The second-order valence-corrected chi connectivity index (χ2v) is 6.05. The van der Waals surface area contributed by atoms with Crippen molar-refractivity contribution in [3.63, 3.8) is 0 Å². The van der Waals surface area contributed by atoms with Crippen molar-refractivity contribution in [3.8, 4) is 0 Å². The summed E-state index contributed by atoms with van der Waals surface area (Å²) >= 11 is 1.35. The highest BCUT2D eigenvalue weighted by Gasteiger charge is 2.12. The summed E-state index contributed by atoms with van der Waals surface area (Å²) in [5.41, 5.74) is 1.91. The van der Waals surface area contributed by atoms with Crippen LogP contribution in [-0.2, 0) is 4.79 Å². The number of carbonyl (C=O) groups is 1. The molecule has 2 aromatic heterocycles. The number of aryl methyl sites for hydroxylation is 2. The van der Waals surface area contributed by atoms with Gasteiger partial charge in [0.1, 0.15) is 0 Å². The fourth-order valence-electron chi connectivity index (χ4n) is 2.20. The fourth-order valence-corrected chi connectivity index (χ4v) is 2.98. The molecule has 0 bridgehead atoms. The Balaban J connectivity index is 1.66. The van der Waals surface area contributed by atoms with Crippen LogP contribution in [0.2, 0.25) is 0 Å². The number of rotatable bonds is 5. The molecule has 7 heteroatoms. The topological polar surface area (TPSA) is 64.7 Å². The van der Waals surface area contributed by atoms with Crippen LogP contribution >= 0.6 is 11.8 Å². The van der Waals surface area contributed by atoms with Gasteiger partial charge in [0.25, 0.3) is 0 Å². The predicted octanol–water partition coefficient (Wildman–Crippen LogP) is 2.74. The third-order valence-electron chi connectivity index (χ3n) is 3.22. The Kier molecular flexibility index (Phi) is 4.47. The Morgan fingerprint density at radius 3 is 2.70 bits per heavy atom. The van der Waals surface area contributed by atoms with E-state index in [-0.39, 0.29) is 11.7 Å². The number of amides is 1. The number of hydrogen-bond donors (Lipinski definition) is 1. The quantitative estimate of drug-likeness (QED) is 0.732. The van der Waals surface area contributed by atoms with Gasteiger partial charge in [-0.3, -0.25) is 9.47 Å². The molecule has 0 aliphatic heterocycles. The van der Waals surface area contributed by atoms with Crippen LogP contribution in [0.5, 0.6) is 0 Å². The normalized spacial score (nSPS) is 10.7. The van der Waals surface area contributed by atoms with Gasteiger partial charge in [0.2, 0.25) is 11.1 Å². The van der Waals surface area contributed by atoms with Gasteiger partial charge in [-0.1, -0.05) is 23.9 Å². The van der Waals surface area contributed by atoms with E-state index in [0.29, 0.717) is 5.16 Å². The SMILES string of the molecule is Cc1cccc(NC(=O)CSc2nnc(C)n2-n2cccc2)c1. The molecule has 1 N–H and O–H groups in total. The molecule has 0 saturated carbocycles. The van der Waals surface area contributed by atoms with Crippen LogP contribution in [0.3, 0.4) is 0 Å². The Bertz CT molecular complexity index is 810. The fraction of sp³-hybridized carbons (Fsp3) is 0.188. The minimum atomic E-state index is -0.0692. The molecule has 0 saturated heterocycles. The Hall–Kier alpha value is -2.54. The number of benzene rings is 1. The average Bonchev–Trinajstić information content (AvgIpc) is 3.14. The van der Waals surface area contributed by atoms with Crippen molar-refractivity contribution in [2.24, 2.45) is 0 Å². The van der Waals surface area contributed by atoms with Crippen LogP contribution in [0.1, 0.15) is 11.4 Å². The van der Waals surface area contributed by atoms with Crippen LogP contribution in [-0.4, -0.2) is 31.2 Å². The number of nitrogens with one attached hydrogen (secondary N) is 1. The molecule has 0 aliphatic carbocycles. The highest BCUT2D eigenvalue weighted by Crippen LogP contribution is 2.18. The predicted molar refractivity (Wildman–Crippen MR) is 90.5 cm³/mol. The smallest absolute Gasteiger partial charge is 0.234 e. The number of thioether (sulfide) groups is 1. The minimum absolute atomic E-state index is 0.0692. The zero-order valence-electron chi connectivity index (χ0n) is 12.9. The third kappa shape index (κ3) is 3.62. The summed E-state index contributed by atoms with van der Waals surface area (Å²) in [6.45, 7) is 3.87. The Labute approximate surface area is 138 Å². The van der Waals surface area contributed by atoms with E-state index in [1.54, 1.807) is 0 Å². The molecule has 0 radical (unpaired) electrons. The molecule has 0 unspecified atom stereocenters. The summed E-state index contributed by atoms with van der Waals surface area (Å²) in [5, 5.41) is 11.8. The van der Waals surface area contributed by atoms with E-state index in [2.05, 4.69) is 15.5 Å². The average molecular weight is 327 g/mol. The maximum Gasteiger partial charge on any atom is 0.234 e. The summed E-state index contributed by atoms with van der Waals surface area (Å²) in [7, 11) is 0. The van der Waals surface area contributed by atoms with Crippen molar-refractivity contribution in [2.75, 3.05) is 11.1 Å². The van der Waals surface area contributed by atoms with Gasteiger partial charge < -0.3 is 5.32 Å². The van der Waals surface area contributed by atoms with Gasteiger partial charge in [-0.05, 0) is 43.7 Å². The van der Waals surface area contributed by atoms with Crippen LogP contribution < -0.4 is 5.32 Å². The number of nitrogens with zero attached hydrogens (tertiary/aromatic N) is 4. The molecule has 2 heterocycles. The van der Waals surface area contributed by atoms with Crippen molar-refractivity contribution in [1.29, 1.82) is 0 Å². The van der Waals surface area contributed by atoms with Crippen molar-refractivity contribution in [3.05, 3.63) is 60.2 Å². The summed E-state index contributed by atoms with van der Waals surface area (Å²) < 4.78 is 3.75. The summed E-state index contributed by atoms with van der Waals surface area (Å²) in [5.74, 6) is 0.968. The molecule has 3 rings (SSSR count). The lowest BCUT2D eigenvalue weighted by atomic mass is 10.2. The van der Waals surface area contributed by atoms with Crippen LogP contribution in [0.15, 0.2) is 53.9 Å². The van der Waals surface area contributed by atoms with E-state index in [0.717, 1.165) is 17.1 Å². The second kappa shape index (κ2) is 6.70. The van der Waals surface area contributed by atoms with Gasteiger partial charge >= 0.3 is 0 Å². The van der Waals surface area contributed by atoms with E-state index in [1.807, 2.05) is 72.0 Å². The number of anilines is 1. The molecule has 1 aromatic carbocycles. The first-order valence-electron chi connectivity index (χ1n) is 7.18. The molecule has 0 aliphatic rings. The van der Waals surface area contributed by atoms with Crippen molar-refractivity contribution in [2.45, 2.75) is 19.0 Å². The van der Waals surface area contributed by atoms with Crippen molar-refractivity contribution in [1.82, 2.24) is 19.5 Å². The first kappa shape index (κ1) is 15.4. The molecule has 23 heavy (non-hydrogen) atoms. The molecule has 0 atom stereocenters. The van der Waals surface area contributed by atoms with E-state index < -0.39 is 0 Å². The molecule has 6 nitrogen and oxygen atoms in total. The number of aromatic nitrogens is 4. The summed E-state index contributed by atoms with van der Waals surface area (Å²) in [6, 6.07) is 11.6. The molecule has 0 fully saturated rings. The minimum Gasteiger partial charge on any atom is -0.325 e. The zero-order valence-corrected chi connectivity index (χ0v) is 13.7. The lowest BCUT2D eigenvalue weighted by Crippen LogP contribution is -2.16. The largest absolute Gasteiger partial charge is 0.325 e. The van der Waals surface area contributed by atoms with Gasteiger partial charge in [-0.25, -0.2) is 4.68 Å². The maximum atomic E-state index is 12.1. The maximum absolute atomic E-state index is 12.1. The van der Waals surface area contributed by atoms with Crippen LogP contribution in [0.4, 0.5) is 5.69 Å². The summed E-state index contributed by atoms with van der Waals surface area (Å²) in [4.78, 5) is 12.1.